The van der Waals surface area contributed by atoms with Gasteiger partial charge in [0.2, 0.25) is 0 Å². The Morgan fingerprint density at radius 3 is 2.61 bits per heavy atom. The highest BCUT2D eigenvalue weighted by Gasteiger charge is 2.20. The highest BCUT2D eigenvalue weighted by atomic mass is 32.2. The number of nitrogens with one attached hydrogen (secondary N) is 1. The molecule has 0 aliphatic rings. The molecule has 0 saturated heterocycles. The van der Waals surface area contributed by atoms with Crippen LogP contribution in [0.2, 0.25) is 0 Å². The van der Waals surface area contributed by atoms with Gasteiger partial charge in [-0.3, -0.25) is 9.00 Å². The second kappa shape index (κ2) is 5.93. The molecule has 0 spiro atoms. The van der Waals surface area contributed by atoms with Crippen molar-refractivity contribution < 1.29 is 9.00 Å². The average Bonchev–Trinajstić information content (AvgIpc) is 2.73. The molecule has 4 nitrogen and oxygen atoms in total. The van der Waals surface area contributed by atoms with Gasteiger partial charge < -0.3 is 5.32 Å². The average molecular weight is 288 g/mol. The van der Waals surface area contributed by atoms with Crippen LogP contribution in [-0.2, 0) is 16.2 Å². The molecule has 0 aliphatic heterocycles. The lowest BCUT2D eigenvalue weighted by Gasteiger charge is -2.13. The summed E-state index contributed by atoms with van der Waals surface area (Å²) in [5, 5.41) is 5.42. The van der Waals surface area contributed by atoms with E-state index in [0.29, 0.717) is 12.2 Å². The summed E-state index contributed by atoms with van der Waals surface area (Å²) in [7, 11) is -0.925. The van der Waals surface area contributed by atoms with Gasteiger partial charge >= 0.3 is 0 Å². The first-order valence-electron chi connectivity index (χ1n) is 5.78. The van der Waals surface area contributed by atoms with Crippen molar-refractivity contribution in [3.8, 4) is 0 Å². The van der Waals surface area contributed by atoms with Crippen molar-refractivity contribution in [3.63, 3.8) is 0 Å². The van der Waals surface area contributed by atoms with Crippen LogP contribution < -0.4 is 5.32 Å². The molecule has 0 unspecified atom stereocenters. The van der Waals surface area contributed by atoms with Crippen molar-refractivity contribution in [1.82, 2.24) is 10.3 Å². The summed E-state index contributed by atoms with van der Waals surface area (Å²) < 4.78 is 11.2. The maximum atomic E-state index is 11.8. The van der Waals surface area contributed by atoms with E-state index < -0.39 is 10.8 Å². The molecule has 0 saturated carbocycles. The number of carbonyl (C=O) groups excluding carboxylic acids is 1. The van der Waals surface area contributed by atoms with E-state index in [1.54, 1.807) is 11.6 Å². The molecule has 1 N–H and O–H groups in total. The fourth-order valence-electron chi connectivity index (χ4n) is 1.17. The van der Waals surface area contributed by atoms with E-state index in [2.05, 4.69) is 31.1 Å². The van der Waals surface area contributed by atoms with Gasteiger partial charge in [0, 0.05) is 39.6 Å². The predicted molar refractivity (Wildman–Crippen MR) is 76.7 cm³/mol. The lowest BCUT2D eigenvalue weighted by molar-refractivity contribution is 0.0949. The van der Waals surface area contributed by atoms with Gasteiger partial charge in [0.15, 0.2) is 0 Å². The molecule has 0 bridgehead atoms. The summed E-state index contributed by atoms with van der Waals surface area (Å²) in [6, 6.07) is 0. The zero-order valence-electron chi connectivity index (χ0n) is 11.4. The highest BCUT2D eigenvalue weighted by Crippen LogP contribution is 2.25. The van der Waals surface area contributed by atoms with Crippen molar-refractivity contribution >= 4 is 28.0 Å². The molecular weight excluding hydrogens is 268 g/mol. The minimum atomic E-state index is -0.925. The Kier molecular flexibility index (Phi) is 5.04. The molecule has 0 aromatic carbocycles. The molecule has 1 aromatic rings. The quantitative estimate of drug-likeness (QED) is 0.921. The summed E-state index contributed by atoms with van der Waals surface area (Å²) in [5.41, 5.74) is 0.403. The first kappa shape index (κ1) is 15.3. The van der Waals surface area contributed by atoms with Gasteiger partial charge in [0.05, 0.1) is 5.01 Å². The Bertz CT molecular complexity index is 449. The third-order valence-electron chi connectivity index (χ3n) is 2.50. The largest absolute Gasteiger partial charge is 0.349 e. The predicted octanol–water partition coefficient (Wildman–Crippen LogP) is 1.94. The summed E-state index contributed by atoms with van der Waals surface area (Å²) in [4.78, 5) is 16.2. The van der Waals surface area contributed by atoms with Crippen LogP contribution in [-0.4, -0.2) is 33.2 Å². The van der Waals surface area contributed by atoms with E-state index in [9.17, 15) is 9.00 Å². The standard InChI is InChI=1S/C12H20N2O2S2/c1-8(18(5)16)6-13-10(15)9-7-17-11(14-9)12(2,3)4/h7-8H,6H2,1-5H3,(H,13,15)/t8-,18-/m1/s1. The Morgan fingerprint density at radius 2 is 2.17 bits per heavy atom. The molecule has 102 valence electrons. The topological polar surface area (TPSA) is 59.1 Å². The number of thiazole rings is 1. The van der Waals surface area contributed by atoms with Crippen LogP contribution in [0.25, 0.3) is 0 Å². The van der Waals surface area contributed by atoms with Crippen LogP contribution in [0.5, 0.6) is 0 Å². The van der Waals surface area contributed by atoms with Crippen molar-refractivity contribution in [3.05, 3.63) is 16.1 Å². The van der Waals surface area contributed by atoms with Crippen molar-refractivity contribution in [2.24, 2.45) is 0 Å². The van der Waals surface area contributed by atoms with Gasteiger partial charge in [-0.05, 0) is 6.92 Å². The monoisotopic (exact) mass is 288 g/mol. The number of amides is 1. The van der Waals surface area contributed by atoms with Gasteiger partial charge in [-0.25, -0.2) is 4.98 Å². The molecule has 1 rings (SSSR count). The van der Waals surface area contributed by atoms with E-state index in [1.807, 2.05) is 6.92 Å². The fourth-order valence-corrected chi connectivity index (χ4v) is 2.37. The van der Waals surface area contributed by atoms with Crippen LogP contribution in [0.3, 0.4) is 0 Å². The van der Waals surface area contributed by atoms with Crippen LogP contribution >= 0.6 is 11.3 Å². The van der Waals surface area contributed by atoms with Gasteiger partial charge in [0.1, 0.15) is 5.69 Å². The molecule has 0 fully saturated rings. The minimum absolute atomic E-state index is 0.0403. The van der Waals surface area contributed by atoms with Crippen LogP contribution in [0.4, 0.5) is 0 Å². The maximum Gasteiger partial charge on any atom is 0.270 e. The van der Waals surface area contributed by atoms with Crippen LogP contribution in [0.15, 0.2) is 5.38 Å². The Hall–Kier alpha value is -0.750. The van der Waals surface area contributed by atoms with E-state index in [0.717, 1.165) is 5.01 Å². The normalized spacial score (nSPS) is 15.2. The second-order valence-corrected chi connectivity index (χ2v) is 7.97. The Morgan fingerprint density at radius 1 is 1.56 bits per heavy atom. The minimum Gasteiger partial charge on any atom is -0.349 e. The smallest absolute Gasteiger partial charge is 0.270 e. The third kappa shape index (κ3) is 4.17. The SMILES string of the molecule is C[C@H](CNC(=O)c1csc(C(C)(C)C)n1)[S@@](C)=O. The number of rotatable bonds is 4. The third-order valence-corrected chi connectivity index (χ3v) is 5.06. The molecule has 1 aromatic heterocycles. The first-order valence-corrected chi connectivity index (χ1v) is 8.28. The molecule has 6 heteroatoms. The molecule has 0 radical (unpaired) electrons. The molecule has 0 aliphatic carbocycles. The van der Waals surface area contributed by atoms with E-state index in [1.165, 1.54) is 11.3 Å². The molecule has 1 heterocycles. The summed E-state index contributed by atoms with van der Waals surface area (Å²) in [6.07, 6.45) is 1.64. The van der Waals surface area contributed by atoms with E-state index in [-0.39, 0.29) is 16.6 Å². The number of hydrogen-bond acceptors (Lipinski definition) is 4. The van der Waals surface area contributed by atoms with Gasteiger partial charge in [-0.2, -0.15) is 0 Å². The van der Waals surface area contributed by atoms with Crippen LogP contribution in [0, 0.1) is 0 Å². The molecule has 2 atom stereocenters. The zero-order chi connectivity index (χ0) is 13.9. The molecule has 18 heavy (non-hydrogen) atoms. The Balaban J connectivity index is 2.63. The zero-order valence-corrected chi connectivity index (χ0v) is 13.1. The maximum absolute atomic E-state index is 11.8. The van der Waals surface area contributed by atoms with E-state index in [4.69, 9.17) is 0 Å². The number of carbonyl (C=O) groups is 1. The highest BCUT2D eigenvalue weighted by molar-refractivity contribution is 7.84. The van der Waals surface area contributed by atoms with Gasteiger partial charge in [-0.1, -0.05) is 20.8 Å². The fraction of sp³-hybridized carbons (Fsp3) is 0.667. The summed E-state index contributed by atoms with van der Waals surface area (Å²) in [5.74, 6) is -0.195. The van der Waals surface area contributed by atoms with Crippen molar-refractivity contribution in [2.75, 3.05) is 12.8 Å². The number of hydrogen-bond donors (Lipinski definition) is 1. The van der Waals surface area contributed by atoms with Gasteiger partial charge in [0.25, 0.3) is 5.91 Å². The van der Waals surface area contributed by atoms with Gasteiger partial charge in [-0.15, -0.1) is 11.3 Å². The second-order valence-electron chi connectivity index (χ2n) is 5.31. The summed E-state index contributed by atoms with van der Waals surface area (Å²) in [6.45, 7) is 8.45. The van der Waals surface area contributed by atoms with Crippen molar-refractivity contribution in [1.29, 1.82) is 0 Å². The first-order chi connectivity index (χ1) is 8.21. The van der Waals surface area contributed by atoms with E-state index >= 15 is 0 Å². The number of aromatic nitrogens is 1. The molecular formula is C12H20N2O2S2. The Labute approximate surface area is 115 Å². The van der Waals surface area contributed by atoms with Crippen molar-refractivity contribution in [2.45, 2.75) is 38.4 Å². The van der Waals surface area contributed by atoms with Crippen LogP contribution in [0.1, 0.15) is 43.2 Å². The number of nitrogens with zero attached hydrogens (tertiary/aromatic N) is 1. The lowest BCUT2D eigenvalue weighted by atomic mass is 9.98. The lowest BCUT2D eigenvalue weighted by Crippen LogP contribution is -2.32. The summed E-state index contributed by atoms with van der Waals surface area (Å²) >= 11 is 1.49. The molecule has 1 amide bonds.